The Kier molecular flexibility index (Phi) is 3.51. The quantitative estimate of drug-likeness (QED) is 0.545. The van der Waals surface area contributed by atoms with Crippen molar-refractivity contribution in [2.45, 2.75) is 0 Å². The van der Waals surface area contributed by atoms with Gasteiger partial charge in [-0.2, -0.15) is 5.10 Å². The summed E-state index contributed by atoms with van der Waals surface area (Å²) in [5.41, 5.74) is 1.87. The van der Waals surface area contributed by atoms with Gasteiger partial charge in [-0.3, -0.25) is 9.80 Å². The zero-order chi connectivity index (χ0) is 14.7. The molecule has 0 saturated carbocycles. The Morgan fingerprint density at radius 2 is 1.76 bits per heavy atom. The smallest absolute Gasteiger partial charge is 0.201 e. The maximum Gasteiger partial charge on any atom is 0.201 e. The van der Waals surface area contributed by atoms with Crippen molar-refractivity contribution >= 4 is 22.9 Å². The van der Waals surface area contributed by atoms with Crippen molar-refractivity contribution in [3.8, 4) is 0 Å². The van der Waals surface area contributed by atoms with Gasteiger partial charge in [0.05, 0.1) is 22.9 Å². The molecule has 0 radical (unpaired) electrons. The van der Waals surface area contributed by atoms with Crippen molar-refractivity contribution in [1.82, 2.24) is 0 Å². The lowest BCUT2D eigenvalue weighted by atomic mass is 10.2. The molecule has 1 aromatic heterocycles. The zero-order valence-corrected chi connectivity index (χ0v) is 11.6. The number of hydrogen-bond donors (Lipinski definition) is 0. The van der Waals surface area contributed by atoms with Crippen LogP contribution in [-0.4, -0.2) is 13.3 Å². The molecule has 0 spiro atoms. The molecule has 0 atom stereocenters. The summed E-state index contributed by atoms with van der Waals surface area (Å²) in [7, 11) is 1.83. The van der Waals surface area contributed by atoms with Crippen LogP contribution in [0.25, 0.3) is 11.0 Å². The number of fused-ring (bicyclic) bond motifs is 1. The van der Waals surface area contributed by atoms with E-state index in [0.29, 0.717) is 16.5 Å². The van der Waals surface area contributed by atoms with Gasteiger partial charge in [-0.15, -0.1) is 0 Å². The topological polar surface area (TPSA) is 45.8 Å². The van der Waals surface area contributed by atoms with E-state index >= 15 is 0 Å². The van der Waals surface area contributed by atoms with Crippen LogP contribution in [0.1, 0.15) is 5.56 Å². The molecule has 3 aromatic rings. The molecule has 0 bridgehead atoms. The standard InChI is InChI=1S/C17H14N2O2/c1-19(14-7-3-2-4-8-14)18-11-13-12-21-16-10-6-5-9-15(16)17(13)20/h2-12H,1H3/b18-11+. The first-order chi connectivity index (χ1) is 10.3. The molecular formula is C17H14N2O2. The van der Waals surface area contributed by atoms with Crippen LogP contribution < -0.4 is 10.4 Å². The number of nitrogens with zero attached hydrogens (tertiary/aromatic N) is 2. The monoisotopic (exact) mass is 278 g/mol. The first kappa shape index (κ1) is 13.1. The summed E-state index contributed by atoms with van der Waals surface area (Å²) in [6, 6.07) is 16.9. The Bertz CT molecular complexity index is 838. The second-order valence-corrected chi connectivity index (χ2v) is 4.62. The minimum absolute atomic E-state index is 0.0814. The highest BCUT2D eigenvalue weighted by molar-refractivity contribution is 5.86. The third kappa shape index (κ3) is 2.69. The minimum atomic E-state index is -0.0814. The molecule has 0 fully saturated rings. The SMILES string of the molecule is CN(/N=C/c1coc2ccccc2c1=O)c1ccccc1. The molecule has 0 aliphatic rings. The van der Waals surface area contributed by atoms with E-state index in [1.165, 1.54) is 12.5 Å². The second kappa shape index (κ2) is 5.63. The summed E-state index contributed by atoms with van der Waals surface area (Å²) in [5.74, 6) is 0. The molecule has 0 unspecified atom stereocenters. The lowest BCUT2D eigenvalue weighted by molar-refractivity contribution is 0.601. The Hall–Kier alpha value is -2.88. The summed E-state index contributed by atoms with van der Waals surface area (Å²) in [5, 5.41) is 6.54. The van der Waals surface area contributed by atoms with Gasteiger partial charge in [0.25, 0.3) is 0 Å². The molecule has 0 amide bonds. The van der Waals surface area contributed by atoms with Crippen LogP contribution in [-0.2, 0) is 0 Å². The molecular weight excluding hydrogens is 264 g/mol. The number of para-hydroxylation sites is 2. The van der Waals surface area contributed by atoms with Crippen LogP contribution in [0.4, 0.5) is 5.69 Å². The van der Waals surface area contributed by atoms with Crippen molar-refractivity contribution in [3.63, 3.8) is 0 Å². The highest BCUT2D eigenvalue weighted by atomic mass is 16.3. The number of rotatable bonds is 3. The number of benzene rings is 2. The summed E-state index contributed by atoms with van der Waals surface area (Å²) in [6.07, 6.45) is 2.96. The molecule has 2 aromatic carbocycles. The molecule has 0 N–H and O–H groups in total. The van der Waals surface area contributed by atoms with Crippen molar-refractivity contribution in [2.75, 3.05) is 12.1 Å². The number of hydrazone groups is 1. The molecule has 0 saturated heterocycles. The molecule has 4 heteroatoms. The lowest BCUT2D eigenvalue weighted by Gasteiger charge is -2.11. The Balaban J connectivity index is 1.93. The van der Waals surface area contributed by atoms with Crippen LogP contribution in [0, 0.1) is 0 Å². The van der Waals surface area contributed by atoms with Gasteiger partial charge in [-0.1, -0.05) is 30.3 Å². The Morgan fingerprint density at radius 1 is 1.05 bits per heavy atom. The molecule has 0 aliphatic heterocycles. The Morgan fingerprint density at radius 3 is 2.57 bits per heavy atom. The van der Waals surface area contributed by atoms with E-state index in [2.05, 4.69) is 5.10 Å². The Labute approximate surface area is 121 Å². The number of anilines is 1. The summed E-state index contributed by atoms with van der Waals surface area (Å²) in [4.78, 5) is 12.3. The fourth-order valence-corrected chi connectivity index (χ4v) is 2.04. The van der Waals surface area contributed by atoms with E-state index in [4.69, 9.17) is 4.42 Å². The first-order valence-corrected chi connectivity index (χ1v) is 6.59. The largest absolute Gasteiger partial charge is 0.463 e. The van der Waals surface area contributed by atoms with Gasteiger partial charge in [0, 0.05) is 7.05 Å². The van der Waals surface area contributed by atoms with E-state index < -0.39 is 0 Å². The average molecular weight is 278 g/mol. The van der Waals surface area contributed by atoms with Crippen molar-refractivity contribution < 1.29 is 4.42 Å². The summed E-state index contributed by atoms with van der Waals surface area (Å²) < 4.78 is 5.45. The van der Waals surface area contributed by atoms with Crippen LogP contribution in [0.2, 0.25) is 0 Å². The highest BCUT2D eigenvalue weighted by Crippen LogP contribution is 2.12. The van der Waals surface area contributed by atoms with E-state index in [9.17, 15) is 4.79 Å². The third-order valence-corrected chi connectivity index (χ3v) is 3.21. The van der Waals surface area contributed by atoms with Gasteiger partial charge in [0.2, 0.25) is 5.43 Å². The first-order valence-electron chi connectivity index (χ1n) is 6.59. The molecule has 1 heterocycles. The molecule has 4 nitrogen and oxygen atoms in total. The normalized spacial score (nSPS) is 11.1. The van der Waals surface area contributed by atoms with Gasteiger partial charge < -0.3 is 4.42 Å². The van der Waals surface area contributed by atoms with Gasteiger partial charge in [0.1, 0.15) is 11.8 Å². The van der Waals surface area contributed by atoms with Crippen LogP contribution in [0.5, 0.6) is 0 Å². The molecule has 0 aliphatic carbocycles. The van der Waals surface area contributed by atoms with Gasteiger partial charge in [-0.05, 0) is 24.3 Å². The summed E-state index contributed by atoms with van der Waals surface area (Å²) in [6.45, 7) is 0. The van der Waals surface area contributed by atoms with E-state index in [-0.39, 0.29) is 5.43 Å². The fourth-order valence-electron chi connectivity index (χ4n) is 2.04. The predicted octanol–water partition coefficient (Wildman–Crippen LogP) is 3.26. The fraction of sp³-hybridized carbons (Fsp3) is 0.0588. The third-order valence-electron chi connectivity index (χ3n) is 3.21. The lowest BCUT2D eigenvalue weighted by Crippen LogP contribution is -2.12. The second-order valence-electron chi connectivity index (χ2n) is 4.62. The zero-order valence-electron chi connectivity index (χ0n) is 11.6. The maximum atomic E-state index is 12.3. The van der Waals surface area contributed by atoms with Gasteiger partial charge in [0.15, 0.2) is 0 Å². The van der Waals surface area contributed by atoms with Crippen molar-refractivity contribution in [3.05, 3.63) is 76.6 Å². The number of hydrogen-bond acceptors (Lipinski definition) is 4. The van der Waals surface area contributed by atoms with Crippen LogP contribution in [0.15, 0.2) is 75.2 Å². The van der Waals surface area contributed by atoms with Crippen LogP contribution >= 0.6 is 0 Å². The van der Waals surface area contributed by atoms with Crippen LogP contribution in [0.3, 0.4) is 0 Å². The van der Waals surface area contributed by atoms with E-state index in [1.807, 2.05) is 49.5 Å². The van der Waals surface area contributed by atoms with Crippen molar-refractivity contribution in [1.29, 1.82) is 0 Å². The summed E-state index contributed by atoms with van der Waals surface area (Å²) >= 11 is 0. The van der Waals surface area contributed by atoms with Gasteiger partial charge in [-0.25, -0.2) is 0 Å². The van der Waals surface area contributed by atoms with Crippen molar-refractivity contribution in [2.24, 2.45) is 5.10 Å². The molecule has 21 heavy (non-hydrogen) atoms. The minimum Gasteiger partial charge on any atom is -0.463 e. The molecule has 3 rings (SSSR count). The maximum absolute atomic E-state index is 12.3. The molecule has 104 valence electrons. The average Bonchev–Trinajstić information content (AvgIpc) is 2.55. The highest BCUT2D eigenvalue weighted by Gasteiger charge is 2.04. The van der Waals surface area contributed by atoms with Gasteiger partial charge >= 0.3 is 0 Å². The predicted molar refractivity (Wildman–Crippen MR) is 84.9 cm³/mol. The van der Waals surface area contributed by atoms with E-state index in [0.717, 1.165) is 5.69 Å². The van der Waals surface area contributed by atoms with E-state index in [1.54, 1.807) is 17.1 Å².